The molecule has 8 nitrogen and oxygen atoms in total. The van der Waals surface area contributed by atoms with Crippen molar-refractivity contribution >= 4 is 5.69 Å². The van der Waals surface area contributed by atoms with Gasteiger partial charge in [-0.05, 0) is 13.8 Å². The van der Waals surface area contributed by atoms with Gasteiger partial charge in [0.2, 0.25) is 5.88 Å². The van der Waals surface area contributed by atoms with E-state index in [1.807, 2.05) is 13.8 Å². The Morgan fingerprint density at radius 3 is 2.69 bits per heavy atom. The summed E-state index contributed by atoms with van der Waals surface area (Å²) in [6.45, 7) is 8.45. The lowest BCUT2D eigenvalue weighted by Gasteiger charge is -2.36. The molecular formula is C18H24N6O2. The predicted octanol–water partition coefficient (Wildman–Crippen LogP) is 0.313. The molecular weight excluding hydrogens is 332 g/mol. The van der Waals surface area contributed by atoms with E-state index in [4.69, 9.17) is 4.74 Å². The van der Waals surface area contributed by atoms with Crippen molar-refractivity contribution in [2.45, 2.75) is 26.4 Å². The Morgan fingerprint density at radius 2 is 1.96 bits per heavy atom. The maximum absolute atomic E-state index is 11.8. The lowest BCUT2D eigenvalue weighted by atomic mass is 10.1. The minimum Gasteiger partial charge on any atom is -0.472 e. The molecule has 0 aromatic carbocycles. The summed E-state index contributed by atoms with van der Waals surface area (Å²) in [5.41, 5.74) is 3.00. The van der Waals surface area contributed by atoms with Crippen LogP contribution >= 0.6 is 0 Å². The van der Waals surface area contributed by atoms with Gasteiger partial charge in [-0.15, -0.1) is 0 Å². The van der Waals surface area contributed by atoms with Gasteiger partial charge in [-0.1, -0.05) is 0 Å². The van der Waals surface area contributed by atoms with Crippen LogP contribution in [0.5, 0.6) is 5.88 Å². The van der Waals surface area contributed by atoms with Gasteiger partial charge in [-0.25, -0.2) is 9.67 Å². The molecule has 0 N–H and O–H groups in total. The summed E-state index contributed by atoms with van der Waals surface area (Å²) >= 11 is 0. The first-order valence-corrected chi connectivity index (χ1v) is 9.01. The summed E-state index contributed by atoms with van der Waals surface area (Å²) in [4.78, 5) is 25.3. The van der Waals surface area contributed by atoms with Gasteiger partial charge >= 0.3 is 0 Å². The normalized spacial score (nSPS) is 20.1. The summed E-state index contributed by atoms with van der Waals surface area (Å²) in [5, 5.41) is 4.11. The van der Waals surface area contributed by atoms with E-state index < -0.39 is 0 Å². The Labute approximate surface area is 152 Å². The van der Waals surface area contributed by atoms with Crippen molar-refractivity contribution in [2.75, 3.05) is 37.6 Å². The van der Waals surface area contributed by atoms with Gasteiger partial charge < -0.3 is 9.64 Å². The second-order valence-electron chi connectivity index (χ2n) is 7.05. The maximum Gasteiger partial charge on any atom is 0.268 e. The quantitative estimate of drug-likeness (QED) is 0.783. The molecule has 8 heteroatoms. The van der Waals surface area contributed by atoms with Crippen LogP contribution in [0, 0.1) is 13.8 Å². The smallest absolute Gasteiger partial charge is 0.268 e. The maximum atomic E-state index is 11.8. The Morgan fingerprint density at radius 1 is 1.19 bits per heavy atom. The van der Waals surface area contributed by atoms with E-state index in [2.05, 4.69) is 24.9 Å². The van der Waals surface area contributed by atoms with Crippen molar-refractivity contribution in [1.29, 1.82) is 0 Å². The molecule has 0 bridgehead atoms. The van der Waals surface area contributed by atoms with E-state index in [0.717, 1.165) is 67.8 Å². The minimum absolute atomic E-state index is 0.0752. The largest absolute Gasteiger partial charge is 0.472 e. The van der Waals surface area contributed by atoms with Crippen molar-refractivity contribution in [1.82, 2.24) is 24.6 Å². The molecule has 1 atom stereocenters. The number of aromatic nitrogens is 4. The van der Waals surface area contributed by atoms with Gasteiger partial charge in [0.25, 0.3) is 5.56 Å². The zero-order chi connectivity index (χ0) is 18.3. The predicted molar refractivity (Wildman–Crippen MR) is 97.8 cm³/mol. The number of aryl methyl sites for hydroxylation is 3. The SMILES string of the molecule is Cc1nc(C)c2c(n1)O[C@H](CN1CCN(c3cnn(C)c(=O)c3)CC1)C2. The van der Waals surface area contributed by atoms with E-state index >= 15 is 0 Å². The van der Waals surface area contributed by atoms with Crippen LogP contribution in [0.15, 0.2) is 17.1 Å². The van der Waals surface area contributed by atoms with Crippen molar-refractivity contribution in [3.8, 4) is 5.88 Å². The Bertz CT molecular complexity index is 872. The average Bonchev–Trinajstić information content (AvgIpc) is 3.01. The van der Waals surface area contributed by atoms with Gasteiger partial charge in [0, 0.05) is 63.5 Å². The molecule has 2 aromatic heterocycles. The second-order valence-corrected chi connectivity index (χ2v) is 7.05. The van der Waals surface area contributed by atoms with Crippen LogP contribution in [0.25, 0.3) is 0 Å². The topological polar surface area (TPSA) is 76.4 Å². The molecule has 0 unspecified atom stereocenters. The number of anilines is 1. The number of hydrogen-bond donors (Lipinski definition) is 0. The number of piperazine rings is 1. The van der Waals surface area contributed by atoms with Gasteiger partial charge in [0.15, 0.2) is 0 Å². The summed E-state index contributed by atoms with van der Waals surface area (Å²) in [5.74, 6) is 1.52. The monoisotopic (exact) mass is 356 g/mol. The van der Waals surface area contributed by atoms with E-state index in [-0.39, 0.29) is 11.7 Å². The second kappa shape index (κ2) is 6.68. The van der Waals surface area contributed by atoms with Crippen LogP contribution in [-0.2, 0) is 13.5 Å². The molecule has 2 aromatic rings. The van der Waals surface area contributed by atoms with Gasteiger partial charge in [0.1, 0.15) is 11.9 Å². The van der Waals surface area contributed by atoms with Crippen LogP contribution in [-0.4, -0.2) is 63.5 Å². The van der Waals surface area contributed by atoms with E-state index in [0.29, 0.717) is 0 Å². The highest BCUT2D eigenvalue weighted by Gasteiger charge is 2.29. The third kappa shape index (κ3) is 3.29. The highest BCUT2D eigenvalue weighted by atomic mass is 16.5. The molecule has 1 saturated heterocycles. The lowest BCUT2D eigenvalue weighted by molar-refractivity contribution is 0.142. The fourth-order valence-electron chi connectivity index (χ4n) is 3.68. The first kappa shape index (κ1) is 17.0. The molecule has 2 aliphatic rings. The molecule has 0 saturated carbocycles. The third-order valence-corrected chi connectivity index (χ3v) is 5.15. The highest BCUT2D eigenvalue weighted by molar-refractivity contribution is 5.43. The molecule has 138 valence electrons. The number of rotatable bonds is 3. The van der Waals surface area contributed by atoms with Crippen LogP contribution in [0.2, 0.25) is 0 Å². The molecule has 26 heavy (non-hydrogen) atoms. The van der Waals surface area contributed by atoms with Gasteiger partial charge in [-0.3, -0.25) is 9.69 Å². The molecule has 0 aliphatic carbocycles. The third-order valence-electron chi connectivity index (χ3n) is 5.15. The fourth-order valence-corrected chi connectivity index (χ4v) is 3.68. The Hall–Kier alpha value is -2.48. The van der Waals surface area contributed by atoms with Gasteiger partial charge in [0.05, 0.1) is 11.9 Å². The number of hydrogen-bond acceptors (Lipinski definition) is 7. The first-order chi connectivity index (χ1) is 12.5. The molecule has 2 aliphatic heterocycles. The highest BCUT2D eigenvalue weighted by Crippen LogP contribution is 2.29. The summed E-state index contributed by atoms with van der Waals surface area (Å²) in [6, 6.07) is 1.66. The molecule has 0 radical (unpaired) electrons. The van der Waals surface area contributed by atoms with Crippen LogP contribution in [0.3, 0.4) is 0 Å². The van der Waals surface area contributed by atoms with Gasteiger partial charge in [-0.2, -0.15) is 10.1 Å². The van der Waals surface area contributed by atoms with E-state index in [9.17, 15) is 4.79 Å². The molecule has 4 heterocycles. The van der Waals surface area contributed by atoms with Crippen molar-refractivity contribution < 1.29 is 4.74 Å². The van der Waals surface area contributed by atoms with E-state index in [1.165, 1.54) is 4.68 Å². The zero-order valence-electron chi connectivity index (χ0n) is 15.5. The van der Waals surface area contributed by atoms with Crippen LogP contribution in [0.4, 0.5) is 5.69 Å². The van der Waals surface area contributed by atoms with Crippen LogP contribution in [0.1, 0.15) is 17.1 Å². The summed E-state index contributed by atoms with van der Waals surface area (Å²) < 4.78 is 7.40. The molecule has 4 rings (SSSR count). The Balaban J connectivity index is 1.34. The minimum atomic E-state index is -0.0752. The average molecular weight is 356 g/mol. The number of fused-ring (bicyclic) bond motifs is 1. The summed E-state index contributed by atoms with van der Waals surface area (Å²) in [7, 11) is 1.66. The first-order valence-electron chi connectivity index (χ1n) is 9.01. The van der Waals surface area contributed by atoms with E-state index in [1.54, 1.807) is 19.3 Å². The fraction of sp³-hybridized carbons (Fsp3) is 0.556. The number of ether oxygens (including phenoxy) is 1. The standard InChI is InChI=1S/C18H24N6O2/c1-12-16-9-15(26-18(16)21-13(2)20-12)11-23-4-6-24(7-5-23)14-8-17(25)22(3)19-10-14/h8,10,15H,4-7,9,11H2,1-3H3/t15-/m0/s1. The molecule has 0 spiro atoms. The van der Waals surface area contributed by atoms with Crippen molar-refractivity contribution in [3.05, 3.63) is 39.7 Å². The van der Waals surface area contributed by atoms with Crippen molar-refractivity contribution in [2.24, 2.45) is 7.05 Å². The lowest BCUT2D eigenvalue weighted by Crippen LogP contribution is -2.49. The number of nitrogens with zero attached hydrogens (tertiary/aromatic N) is 6. The van der Waals surface area contributed by atoms with Crippen LogP contribution < -0.4 is 15.2 Å². The zero-order valence-corrected chi connectivity index (χ0v) is 15.5. The summed E-state index contributed by atoms with van der Waals surface area (Å²) in [6.07, 6.45) is 2.77. The van der Waals surface area contributed by atoms with Crippen molar-refractivity contribution in [3.63, 3.8) is 0 Å². The Kier molecular flexibility index (Phi) is 4.36. The molecule has 1 fully saturated rings. The molecule has 0 amide bonds.